The van der Waals surface area contributed by atoms with E-state index in [-0.39, 0.29) is 6.61 Å². The fourth-order valence-corrected chi connectivity index (χ4v) is 1.28. The molecule has 4 heteroatoms. The van der Waals surface area contributed by atoms with Gasteiger partial charge in [0.05, 0.1) is 10.8 Å². The average Bonchev–Trinajstić information content (AvgIpc) is 2.53. The van der Waals surface area contributed by atoms with Crippen LogP contribution in [0.5, 0.6) is 0 Å². The Morgan fingerprint density at radius 2 is 2.46 bits per heavy atom. The van der Waals surface area contributed by atoms with Crippen LogP contribution >= 0.6 is 0 Å². The molecule has 70 valence electrons. The molecule has 0 amide bonds. The molecule has 0 saturated carbocycles. The van der Waals surface area contributed by atoms with E-state index in [1.807, 2.05) is 0 Å². The van der Waals surface area contributed by atoms with E-state index in [1.165, 1.54) is 0 Å². The van der Waals surface area contributed by atoms with Gasteiger partial charge in [0.1, 0.15) is 19.0 Å². The van der Waals surface area contributed by atoms with Crippen molar-refractivity contribution in [3.63, 3.8) is 0 Å². The number of terminal acetylenes is 1. The lowest BCUT2D eigenvalue weighted by Gasteiger charge is -1.95. The maximum absolute atomic E-state index is 10.9. The van der Waals surface area contributed by atoms with Crippen molar-refractivity contribution in [2.75, 3.05) is 12.9 Å². The van der Waals surface area contributed by atoms with Gasteiger partial charge in [-0.3, -0.25) is 4.21 Å². The van der Waals surface area contributed by atoms with Crippen LogP contribution in [-0.2, 0) is 22.1 Å². The Balaban J connectivity index is 2.50. The first-order valence-corrected chi connectivity index (χ1v) is 5.23. The van der Waals surface area contributed by atoms with E-state index in [0.29, 0.717) is 17.5 Å². The van der Waals surface area contributed by atoms with Crippen LogP contribution < -0.4 is 0 Å². The molecule has 0 N–H and O–H groups in total. The average molecular weight is 198 g/mol. The van der Waals surface area contributed by atoms with Gasteiger partial charge in [-0.1, -0.05) is 5.92 Å². The summed E-state index contributed by atoms with van der Waals surface area (Å²) in [5.41, 5.74) is 0. The van der Waals surface area contributed by atoms with Gasteiger partial charge in [-0.05, 0) is 12.1 Å². The summed E-state index contributed by atoms with van der Waals surface area (Å²) in [6.07, 6.45) is 6.55. The monoisotopic (exact) mass is 198 g/mol. The van der Waals surface area contributed by atoms with E-state index in [2.05, 4.69) is 5.92 Å². The van der Waals surface area contributed by atoms with Gasteiger partial charge >= 0.3 is 0 Å². The molecule has 0 aliphatic carbocycles. The number of hydrogen-bond donors (Lipinski definition) is 0. The lowest BCUT2D eigenvalue weighted by molar-refractivity contribution is 0.132. The molecule has 1 aromatic rings. The molecule has 1 aromatic heterocycles. The first-order valence-electron chi connectivity index (χ1n) is 3.67. The SMILES string of the molecule is C#CCOCc1ccc(S(C)=O)o1. The molecule has 0 fully saturated rings. The van der Waals surface area contributed by atoms with Gasteiger partial charge in [-0.15, -0.1) is 6.42 Å². The van der Waals surface area contributed by atoms with E-state index < -0.39 is 10.8 Å². The van der Waals surface area contributed by atoms with Crippen LogP contribution in [0.15, 0.2) is 21.6 Å². The number of ether oxygens (including phenoxy) is 1. The first-order chi connectivity index (χ1) is 6.24. The van der Waals surface area contributed by atoms with E-state index in [9.17, 15) is 4.21 Å². The van der Waals surface area contributed by atoms with Gasteiger partial charge in [-0.2, -0.15) is 0 Å². The van der Waals surface area contributed by atoms with Crippen molar-refractivity contribution < 1.29 is 13.4 Å². The predicted molar refractivity (Wildman–Crippen MR) is 49.5 cm³/mol. The largest absolute Gasteiger partial charge is 0.450 e. The molecule has 0 aromatic carbocycles. The fraction of sp³-hybridized carbons (Fsp3) is 0.333. The Morgan fingerprint density at radius 3 is 3.00 bits per heavy atom. The molecule has 3 nitrogen and oxygen atoms in total. The zero-order valence-corrected chi connectivity index (χ0v) is 8.10. The predicted octanol–water partition coefficient (Wildman–Crippen LogP) is 1.17. The number of furan rings is 1. The molecule has 0 saturated heterocycles. The van der Waals surface area contributed by atoms with Crippen molar-refractivity contribution in [1.29, 1.82) is 0 Å². The molecule has 1 unspecified atom stereocenters. The molecule has 1 heterocycles. The van der Waals surface area contributed by atoms with Crippen LogP contribution in [-0.4, -0.2) is 17.1 Å². The Bertz CT molecular complexity index is 335. The molecule has 0 aliphatic heterocycles. The summed E-state index contributed by atoms with van der Waals surface area (Å²) in [6.45, 7) is 0.576. The normalized spacial score (nSPS) is 12.3. The minimum Gasteiger partial charge on any atom is -0.450 e. The van der Waals surface area contributed by atoms with Crippen LogP contribution in [0.1, 0.15) is 5.76 Å². The van der Waals surface area contributed by atoms with Crippen LogP contribution in [0, 0.1) is 12.3 Å². The van der Waals surface area contributed by atoms with Gasteiger partial charge in [0.25, 0.3) is 0 Å². The minimum absolute atomic E-state index is 0.255. The summed E-state index contributed by atoms with van der Waals surface area (Å²) in [7, 11) is -1.08. The van der Waals surface area contributed by atoms with E-state index in [0.717, 1.165) is 0 Å². The van der Waals surface area contributed by atoms with Crippen LogP contribution in [0.4, 0.5) is 0 Å². The lowest BCUT2D eigenvalue weighted by Crippen LogP contribution is -1.90. The second-order valence-electron chi connectivity index (χ2n) is 2.37. The molecule has 0 bridgehead atoms. The smallest absolute Gasteiger partial charge is 0.190 e. The quantitative estimate of drug-likeness (QED) is 0.538. The van der Waals surface area contributed by atoms with Crippen LogP contribution in [0.2, 0.25) is 0 Å². The second-order valence-corrected chi connectivity index (χ2v) is 3.68. The van der Waals surface area contributed by atoms with Crippen molar-refractivity contribution in [1.82, 2.24) is 0 Å². The van der Waals surface area contributed by atoms with Crippen molar-refractivity contribution >= 4 is 10.8 Å². The summed E-state index contributed by atoms with van der Waals surface area (Å²) >= 11 is 0. The van der Waals surface area contributed by atoms with Gasteiger partial charge < -0.3 is 9.15 Å². The molecule has 1 atom stereocenters. The van der Waals surface area contributed by atoms with E-state index in [4.69, 9.17) is 15.6 Å². The summed E-state index contributed by atoms with van der Waals surface area (Å²) < 4.78 is 21.2. The van der Waals surface area contributed by atoms with Crippen LogP contribution in [0.25, 0.3) is 0 Å². The highest BCUT2D eigenvalue weighted by molar-refractivity contribution is 7.84. The van der Waals surface area contributed by atoms with Gasteiger partial charge in [0, 0.05) is 6.26 Å². The number of rotatable bonds is 4. The van der Waals surface area contributed by atoms with Crippen molar-refractivity contribution in [3.05, 3.63) is 17.9 Å². The highest BCUT2D eigenvalue weighted by atomic mass is 32.2. The van der Waals surface area contributed by atoms with Gasteiger partial charge in [0.2, 0.25) is 0 Å². The van der Waals surface area contributed by atoms with E-state index >= 15 is 0 Å². The third-order valence-electron chi connectivity index (χ3n) is 1.35. The van der Waals surface area contributed by atoms with Crippen LogP contribution in [0.3, 0.4) is 0 Å². The molecular weight excluding hydrogens is 188 g/mol. The molecule has 1 rings (SSSR count). The highest BCUT2D eigenvalue weighted by Crippen LogP contribution is 2.11. The van der Waals surface area contributed by atoms with Gasteiger partial charge in [0.15, 0.2) is 5.09 Å². The highest BCUT2D eigenvalue weighted by Gasteiger charge is 2.04. The third-order valence-corrected chi connectivity index (χ3v) is 2.14. The summed E-state index contributed by atoms with van der Waals surface area (Å²) in [4.78, 5) is 0. The Kier molecular flexibility index (Phi) is 3.74. The maximum atomic E-state index is 10.9. The molecule has 13 heavy (non-hydrogen) atoms. The summed E-state index contributed by atoms with van der Waals surface area (Å²) in [5.74, 6) is 2.98. The second kappa shape index (κ2) is 4.85. The van der Waals surface area contributed by atoms with Crippen molar-refractivity contribution in [3.8, 4) is 12.3 Å². The topological polar surface area (TPSA) is 39.4 Å². The zero-order chi connectivity index (χ0) is 9.68. The van der Waals surface area contributed by atoms with Gasteiger partial charge in [-0.25, -0.2) is 0 Å². The lowest BCUT2D eigenvalue weighted by atomic mass is 10.5. The molecule has 0 aliphatic rings. The summed E-state index contributed by atoms with van der Waals surface area (Å²) in [6, 6.07) is 3.40. The zero-order valence-electron chi connectivity index (χ0n) is 7.28. The molecule has 0 radical (unpaired) electrons. The fourth-order valence-electron chi connectivity index (χ4n) is 0.801. The Morgan fingerprint density at radius 1 is 1.69 bits per heavy atom. The number of hydrogen-bond acceptors (Lipinski definition) is 3. The maximum Gasteiger partial charge on any atom is 0.190 e. The van der Waals surface area contributed by atoms with Crippen molar-refractivity contribution in [2.24, 2.45) is 0 Å². The standard InChI is InChI=1S/C9H10O3S/c1-3-6-11-7-8-4-5-9(12-8)13(2)10/h1,4-5H,6-7H2,2H3. The summed E-state index contributed by atoms with van der Waals surface area (Å²) in [5, 5.41) is 0.458. The van der Waals surface area contributed by atoms with E-state index in [1.54, 1.807) is 18.4 Å². The molecular formula is C9H10O3S. The first kappa shape index (κ1) is 10.0. The minimum atomic E-state index is -1.08. The molecule has 0 spiro atoms. The third kappa shape index (κ3) is 3.05. The Hall–Kier alpha value is -1.05. The Labute approximate surface area is 79.5 Å². The van der Waals surface area contributed by atoms with Crippen molar-refractivity contribution in [2.45, 2.75) is 11.7 Å².